The Morgan fingerprint density at radius 1 is 1.16 bits per heavy atom. The largest absolute Gasteiger partial charge is 0.316 e. The number of thiophene rings is 1. The van der Waals surface area contributed by atoms with Gasteiger partial charge in [0.05, 0.1) is 0 Å². The van der Waals surface area contributed by atoms with E-state index in [1.807, 2.05) is 18.4 Å². The highest BCUT2D eigenvalue weighted by molar-refractivity contribution is 7.10. The first-order valence-electron chi connectivity index (χ1n) is 6.85. The molecule has 1 aromatic heterocycles. The van der Waals surface area contributed by atoms with Gasteiger partial charge in [0.2, 0.25) is 0 Å². The smallest absolute Gasteiger partial charge is 0.0248 e. The fourth-order valence-electron chi connectivity index (χ4n) is 2.67. The molecule has 0 spiro atoms. The first kappa shape index (κ1) is 12.9. The minimum atomic E-state index is 0.947. The van der Waals surface area contributed by atoms with Crippen LogP contribution >= 0.6 is 11.3 Å². The van der Waals surface area contributed by atoms with Gasteiger partial charge >= 0.3 is 0 Å². The molecule has 2 aromatic rings. The van der Waals surface area contributed by atoms with Crippen LogP contribution in [0.15, 0.2) is 35.7 Å². The van der Waals surface area contributed by atoms with E-state index in [0.29, 0.717) is 0 Å². The van der Waals surface area contributed by atoms with Crippen LogP contribution in [0.2, 0.25) is 0 Å². The average molecular weight is 272 g/mol. The van der Waals surface area contributed by atoms with Crippen LogP contribution < -0.4 is 5.32 Å². The fourth-order valence-corrected chi connectivity index (χ4v) is 3.56. The summed E-state index contributed by atoms with van der Waals surface area (Å²) in [4.78, 5) is 4.13. The van der Waals surface area contributed by atoms with Gasteiger partial charge in [-0.15, -0.1) is 11.3 Å². The first-order valence-corrected chi connectivity index (χ1v) is 7.73. The molecule has 0 saturated carbocycles. The molecule has 0 unspecified atom stereocenters. The molecular weight excluding hydrogens is 252 g/mol. The third kappa shape index (κ3) is 3.06. The van der Waals surface area contributed by atoms with Crippen molar-refractivity contribution < 1.29 is 0 Å². The monoisotopic (exact) mass is 272 g/mol. The fraction of sp³-hybridized carbons (Fsp3) is 0.375. The van der Waals surface area contributed by atoms with E-state index in [9.17, 15) is 0 Å². The second-order valence-electron chi connectivity index (χ2n) is 5.18. The van der Waals surface area contributed by atoms with Crippen molar-refractivity contribution >= 4 is 11.3 Å². The van der Waals surface area contributed by atoms with Crippen LogP contribution in [0.5, 0.6) is 0 Å². The van der Waals surface area contributed by atoms with Crippen LogP contribution in [0, 0.1) is 0 Å². The second-order valence-corrected chi connectivity index (χ2v) is 6.18. The molecule has 0 bridgehead atoms. The topological polar surface area (TPSA) is 15.3 Å². The Balaban J connectivity index is 1.63. The lowest BCUT2D eigenvalue weighted by molar-refractivity contribution is 0.247. The third-order valence-corrected chi connectivity index (χ3v) is 4.72. The Morgan fingerprint density at radius 2 is 1.95 bits per heavy atom. The van der Waals surface area contributed by atoms with Crippen LogP contribution in [-0.4, -0.2) is 18.5 Å². The third-order valence-electron chi connectivity index (χ3n) is 3.70. The molecule has 1 aliphatic rings. The van der Waals surface area contributed by atoms with Crippen molar-refractivity contribution in [3.05, 3.63) is 57.3 Å². The maximum Gasteiger partial charge on any atom is 0.0248 e. The lowest BCUT2D eigenvalue weighted by atomic mass is 10.1. The van der Waals surface area contributed by atoms with Gasteiger partial charge in [-0.05, 0) is 41.6 Å². The van der Waals surface area contributed by atoms with Gasteiger partial charge in [0, 0.05) is 31.1 Å². The highest BCUT2D eigenvalue weighted by Gasteiger charge is 2.16. The van der Waals surface area contributed by atoms with Crippen LogP contribution in [0.4, 0.5) is 0 Å². The zero-order chi connectivity index (χ0) is 13.1. The Kier molecular flexibility index (Phi) is 3.97. The standard InChI is InChI=1S/C16H20N2S/c1-17-10-13-2-4-14(5-3-13)11-18-8-6-16-15(12-18)7-9-19-16/h2-5,7,9,17H,6,8,10-12H2,1H3. The molecule has 19 heavy (non-hydrogen) atoms. The predicted molar refractivity (Wildman–Crippen MR) is 81.3 cm³/mol. The van der Waals surface area contributed by atoms with E-state index in [1.165, 1.54) is 29.7 Å². The van der Waals surface area contributed by atoms with E-state index < -0.39 is 0 Å². The van der Waals surface area contributed by atoms with E-state index in [0.717, 1.165) is 19.6 Å². The number of hydrogen-bond acceptors (Lipinski definition) is 3. The Bertz CT molecular complexity index is 530. The normalized spacial score (nSPS) is 15.4. The molecular formula is C16H20N2S. The van der Waals surface area contributed by atoms with Gasteiger partial charge < -0.3 is 5.32 Å². The van der Waals surface area contributed by atoms with Crippen LogP contribution in [-0.2, 0) is 26.1 Å². The number of benzene rings is 1. The average Bonchev–Trinajstić information content (AvgIpc) is 2.89. The SMILES string of the molecule is CNCc1ccc(CN2CCc3sccc3C2)cc1. The maximum atomic E-state index is 3.18. The summed E-state index contributed by atoms with van der Waals surface area (Å²) < 4.78 is 0. The molecule has 0 radical (unpaired) electrons. The lowest BCUT2D eigenvalue weighted by Crippen LogP contribution is -2.29. The van der Waals surface area contributed by atoms with E-state index >= 15 is 0 Å². The zero-order valence-corrected chi connectivity index (χ0v) is 12.2. The van der Waals surface area contributed by atoms with E-state index in [1.54, 1.807) is 4.88 Å². The number of nitrogens with zero attached hydrogens (tertiary/aromatic N) is 1. The molecule has 3 heteroatoms. The molecule has 2 nitrogen and oxygen atoms in total. The molecule has 1 aliphatic heterocycles. The minimum Gasteiger partial charge on any atom is -0.316 e. The molecule has 100 valence electrons. The van der Waals surface area contributed by atoms with Gasteiger partial charge in [-0.1, -0.05) is 24.3 Å². The van der Waals surface area contributed by atoms with Gasteiger partial charge in [0.15, 0.2) is 0 Å². The predicted octanol–water partition coefficient (Wildman–Crippen LogP) is 3.03. The quantitative estimate of drug-likeness (QED) is 0.920. The maximum absolute atomic E-state index is 3.18. The zero-order valence-electron chi connectivity index (χ0n) is 11.4. The van der Waals surface area contributed by atoms with Crippen molar-refractivity contribution in [1.82, 2.24) is 10.2 Å². The van der Waals surface area contributed by atoms with Crippen LogP contribution in [0.3, 0.4) is 0 Å². The molecule has 1 aromatic carbocycles. The number of hydrogen-bond donors (Lipinski definition) is 1. The summed E-state index contributed by atoms with van der Waals surface area (Å²) in [5.74, 6) is 0. The van der Waals surface area contributed by atoms with E-state index in [2.05, 4.69) is 45.9 Å². The summed E-state index contributed by atoms with van der Waals surface area (Å²) >= 11 is 1.91. The second kappa shape index (κ2) is 5.87. The van der Waals surface area contributed by atoms with Crippen molar-refractivity contribution in [1.29, 1.82) is 0 Å². The summed E-state index contributed by atoms with van der Waals surface area (Å²) in [6.45, 7) is 4.31. The Hall–Kier alpha value is -1.16. The minimum absolute atomic E-state index is 0.947. The molecule has 2 heterocycles. The molecule has 1 N–H and O–H groups in total. The number of nitrogens with one attached hydrogen (secondary N) is 1. The van der Waals surface area contributed by atoms with Gasteiger partial charge in [-0.25, -0.2) is 0 Å². The molecule has 0 fully saturated rings. The van der Waals surface area contributed by atoms with Gasteiger partial charge in [0.25, 0.3) is 0 Å². The van der Waals surface area contributed by atoms with Gasteiger partial charge in [-0.3, -0.25) is 4.90 Å². The van der Waals surface area contributed by atoms with Crippen molar-refractivity contribution in [2.45, 2.75) is 26.1 Å². The molecule has 0 saturated heterocycles. The highest BCUT2D eigenvalue weighted by atomic mass is 32.1. The summed E-state index contributed by atoms with van der Waals surface area (Å²) in [7, 11) is 1.99. The number of rotatable bonds is 4. The van der Waals surface area contributed by atoms with E-state index in [-0.39, 0.29) is 0 Å². The summed E-state index contributed by atoms with van der Waals surface area (Å²) in [5.41, 5.74) is 4.30. The highest BCUT2D eigenvalue weighted by Crippen LogP contribution is 2.24. The molecule has 0 aliphatic carbocycles. The van der Waals surface area contributed by atoms with Crippen molar-refractivity contribution in [3.63, 3.8) is 0 Å². The van der Waals surface area contributed by atoms with E-state index in [4.69, 9.17) is 0 Å². The molecule has 3 rings (SSSR count). The van der Waals surface area contributed by atoms with Crippen LogP contribution in [0.25, 0.3) is 0 Å². The lowest BCUT2D eigenvalue weighted by Gasteiger charge is -2.26. The Labute approximate surface area is 119 Å². The van der Waals surface area contributed by atoms with Crippen molar-refractivity contribution in [3.8, 4) is 0 Å². The Morgan fingerprint density at radius 3 is 2.74 bits per heavy atom. The summed E-state index contributed by atoms with van der Waals surface area (Å²) in [6.07, 6.45) is 1.21. The van der Waals surface area contributed by atoms with Gasteiger partial charge in [-0.2, -0.15) is 0 Å². The van der Waals surface area contributed by atoms with Crippen molar-refractivity contribution in [2.75, 3.05) is 13.6 Å². The molecule has 0 amide bonds. The van der Waals surface area contributed by atoms with Gasteiger partial charge in [0.1, 0.15) is 0 Å². The first-order chi connectivity index (χ1) is 9.35. The van der Waals surface area contributed by atoms with Crippen molar-refractivity contribution in [2.24, 2.45) is 0 Å². The number of fused-ring (bicyclic) bond motifs is 1. The molecule has 0 atom stereocenters. The summed E-state index contributed by atoms with van der Waals surface area (Å²) in [6, 6.07) is 11.3. The van der Waals surface area contributed by atoms with Crippen LogP contribution in [0.1, 0.15) is 21.6 Å². The summed E-state index contributed by atoms with van der Waals surface area (Å²) in [5, 5.41) is 5.41.